The molecule has 0 radical (unpaired) electrons. The summed E-state index contributed by atoms with van der Waals surface area (Å²) in [6, 6.07) is 65.8. The van der Waals surface area contributed by atoms with Crippen LogP contribution in [0, 0.1) is 0 Å². The summed E-state index contributed by atoms with van der Waals surface area (Å²) in [5, 5.41) is 16.3. The van der Waals surface area contributed by atoms with Crippen LogP contribution in [0.1, 0.15) is 0 Å². The van der Waals surface area contributed by atoms with E-state index in [2.05, 4.69) is 179 Å². The number of pyridine rings is 2. The molecule has 18 rings (SSSR count). The molecule has 8 heterocycles. The van der Waals surface area contributed by atoms with Gasteiger partial charge in [-0.15, -0.1) is 22.7 Å². The minimum absolute atomic E-state index is 0.861. The lowest BCUT2D eigenvalue weighted by molar-refractivity contribution is 0.669. The Kier molecular flexibility index (Phi) is 6.54. The predicted octanol–water partition coefficient (Wildman–Crippen LogP) is 18.1. The molecule has 10 aromatic carbocycles. The highest BCUT2D eigenvalue weighted by Gasteiger charge is 2.26. The largest absolute Gasteiger partial charge is 0.456 e. The quantitative estimate of drug-likeness (QED) is 0.154. The summed E-state index contributed by atoms with van der Waals surface area (Å²) in [6.07, 6.45) is 0. The Morgan fingerprint density at radius 1 is 0.357 bits per heavy atom. The molecule has 0 atom stereocenters. The van der Waals surface area contributed by atoms with Crippen molar-refractivity contribution in [2.24, 2.45) is 0 Å². The molecular weight excluding hydrogens is 897 g/mol. The van der Waals surface area contributed by atoms with Crippen LogP contribution in [0.15, 0.2) is 191 Å². The van der Waals surface area contributed by atoms with Crippen molar-refractivity contribution in [3.8, 4) is 11.1 Å². The first kappa shape index (κ1) is 36.3. The van der Waals surface area contributed by atoms with Crippen molar-refractivity contribution in [3.05, 3.63) is 182 Å². The summed E-state index contributed by atoms with van der Waals surface area (Å²) in [4.78, 5) is 11.2. The van der Waals surface area contributed by atoms with E-state index in [1.807, 2.05) is 34.8 Å². The second-order valence-corrected chi connectivity index (χ2v) is 20.8. The normalized spacial score (nSPS) is 12.9. The van der Waals surface area contributed by atoms with Crippen molar-refractivity contribution in [1.82, 2.24) is 18.8 Å². The van der Waals surface area contributed by atoms with Gasteiger partial charge in [0, 0.05) is 83.6 Å². The number of hydrogen-bond acceptors (Lipinski definition) is 6. The summed E-state index contributed by atoms with van der Waals surface area (Å²) in [5.41, 5.74) is 13.8. The highest BCUT2D eigenvalue weighted by atomic mass is 32.1. The third kappa shape index (κ3) is 4.37. The molecule has 0 amide bonds. The second kappa shape index (κ2) is 12.6. The maximum Gasteiger partial charge on any atom is 0.160 e. The third-order valence-corrected chi connectivity index (χ3v) is 17.6. The Hall–Kier alpha value is -8.82. The van der Waals surface area contributed by atoms with Gasteiger partial charge in [0.1, 0.15) is 28.0 Å². The number of rotatable bonds is 1. The van der Waals surface area contributed by atoms with Gasteiger partial charge >= 0.3 is 0 Å². The van der Waals surface area contributed by atoms with Crippen molar-refractivity contribution >= 4 is 184 Å². The van der Waals surface area contributed by atoms with Crippen LogP contribution < -0.4 is 0 Å². The standard InChI is InChI=1S/C62H30N4O2S2/c1-7-17-46-32(11-1)36-23-22-34-33-25-28-51-53(38-13-3-9-19-49(38)69-51)55(33)61-64-43-29-31(21-26-45(43)66(61)58(34)59(36)68-46)40-30-41-35-24-27-48-52(37-12-2-8-18-47(37)67-48)57(35)65-44-16-6-5-15-42(44)63-62(65)56(41)54-39-14-4-10-20-50(39)70-60(40)54/h1-30H. The van der Waals surface area contributed by atoms with Crippen molar-refractivity contribution in [2.75, 3.05) is 0 Å². The summed E-state index contributed by atoms with van der Waals surface area (Å²) in [5.74, 6) is 0. The first-order chi connectivity index (χ1) is 34.7. The van der Waals surface area contributed by atoms with Gasteiger partial charge in [-0.2, -0.15) is 0 Å². The Morgan fingerprint density at radius 3 is 1.86 bits per heavy atom. The van der Waals surface area contributed by atoms with E-state index < -0.39 is 0 Å². The van der Waals surface area contributed by atoms with Gasteiger partial charge in [0.05, 0.1) is 38.5 Å². The lowest BCUT2D eigenvalue weighted by Crippen LogP contribution is -1.94. The SMILES string of the molecule is c1ccc2c(c1)nc1c3c(cc(-c4ccc5c(c4)nc4c6c(ccc7sc8ccccc8c76)c6ccc7c8ccccc8oc7c6n54)c4sc5ccccc5c43)c3ccc4oc5ccccc5c4c3n21. The van der Waals surface area contributed by atoms with Crippen molar-refractivity contribution in [1.29, 1.82) is 0 Å². The molecule has 0 bridgehead atoms. The van der Waals surface area contributed by atoms with Crippen LogP contribution in [0.4, 0.5) is 0 Å². The Morgan fingerprint density at radius 2 is 0.986 bits per heavy atom. The fraction of sp³-hybridized carbons (Fsp3) is 0. The molecule has 0 aliphatic heterocycles. The van der Waals surface area contributed by atoms with Crippen molar-refractivity contribution < 1.29 is 8.83 Å². The molecule has 6 nitrogen and oxygen atoms in total. The zero-order valence-corrected chi connectivity index (χ0v) is 38.4. The van der Waals surface area contributed by atoms with E-state index in [-0.39, 0.29) is 0 Å². The minimum Gasteiger partial charge on any atom is -0.456 e. The maximum absolute atomic E-state index is 6.87. The summed E-state index contributed by atoms with van der Waals surface area (Å²) in [7, 11) is 0. The molecule has 0 aliphatic carbocycles. The van der Waals surface area contributed by atoms with E-state index in [1.54, 1.807) is 0 Å². The van der Waals surface area contributed by atoms with E-state index in [0.29, 0.717) is 0 Å². The average molecular weight is 927 g/mol. The highest BCUT2D eigenvalue weighted by molar-refractivity contribution is 7.26. The maximum atomic E-state index is 6.87. The van der Waals surface area contributed by atoms with Crippen LogP contribution in [-0.4, -0.2) is 18.8 Å². The lowest BCUT2D eigenvalue weighted by Gasteiger charge is -2.14. The van der Waals surface area contributed by atoms with Crippen molar-refractivity contribution in [3.63, 3.8) is 0 Å². The Labute approximate surface area is 402 Å². The number of imidazole rings is 2. The van der Waals surface area contributed by atoms with Crippen LogP contribution in [0.3, 0.4) is 0 Å². The minimum atomic E-state index is 0.861. The van der Waals surface area contributed by atoms with Gasteiger partial charge in [0.2, 0.25) is 0 Å². The van der Waals surface area contributed by atoms with Gasteiger partial charge in [-0.3, -0.25) is 8.80 Å². The van der Waals surface area contributed by atoms with Gasteiger partial charge in [-0.25, -0.2) is 9.97 Å². The predicted molar refractivity (Wildman–Crippen MR) is 295 cm³/mol. The smallest absolute Gasteiger partial charge is 0.160 e. The van der Waals surface area contributed by atoms with Crippen LogP contribution in [-0.2, 0) is 0 Å². The fourth-order valence-corrected chi connectivity index (χ4v) is 14.7. The molecule has 0 spiro atoms. The van der Waals surface area contributed by atoms with Gasteiger partial charge in [0.15, 0.2) is 5.58 Å². The van der Waals surface area contributed by atoms with E-state index in [4.69, 9.17) is 18.8 Å². The fourth-order valence-electron chi connectivity index (χ4n) is 12.4. The number of fused-ring (bicyclic) bond motifs is 32. The first-order valence-electron chi connectivity index (χ1n) is 23.6. The zero-order chi connectivity index (χ0) is 45.1. The van der Waals surface area contributed by atoms with E-state index in [9.17, 15) is 0 Å². The number of hydrogen-bond donors (Lipinski definition) is 0. The summed E-state index contributed by atoms with van der Waals surface area (Å²) < 4.78 is 23.2. The van der Waals surface area contributed by atoms with Crippen LogP contribution in [0.2, 0.25) is 0 Å². The Bertz CT molecular complexity index is 5450. The number of benzene rings is 10. The molecule has 322 valence electrons. The van der Waals surface area contributed by atoms with Gasteiger partial charge in [-0.05, 0) is 95.2 Å². The zero-order valence-electron chi connectivity index (χ0n) is 36.7. The molecule has 8 heteroatoms. The number of thiophene rings is 2. The number of furan rings is 2. The van der Waals surface area contributed by atoms with Crippen molar-refractivity contribution in [2.45, 2.75) is 0 Å². The number of para-hydroxylation sites is 4. The van der Waals surface area contributed by atoms with E-state index >= 15 is 0 Å². The first-order valence-corrected chi connectivity index (χ1v) is 25.2. The monoisotopic (exact) mass is 926 g/mol. The molecule has 8 aromatic heterocycles. The molecule has 0 unspecified atom stereocenters. The molecule has 0 fully saturated rings. The molecule has 0 N–H and O–H groups in total. The topological polar surface area (TPSA) is 60.9 Å². The Balaban J connectivity index is 1.02. The molecular formula is C62H30N4O2S2. The molecule has 70 heavy (non-hydrogen) atoms. The molecule has 0 aliphatic rings. The lowest BCUT2D eigenvalue weighted by atomic mass is 9.94. The highest BCUT2D eigenvalue weighted by Crippen LogP contribution is 2.50. The summed E-state index contributed by atoms with van der Waals surface area (Å²) >= 11 is 3.70. The number of nitrogens with zero attached hydrogens (tertiary/aromatic N) is 4. The summed E-state index contributed by atoms with van der Waals surface area (Å²) in [6.45, 7) is 0. The van der Waals surface area contributed by atoms with Crippen LogP contribution >= 0.6 is 22.7 Å². The number of aromatic nitrogens is 4. The molecule has 18 aromatic rings. The average Bonchev–Trinajstić information content (AvgIpc) is 4.27. The van der Waals surface area contributed by atoms with E-state index in [0.717, 1.165) is 121 Å². The molecule has 0 saturated heterocycles. The van der Waals surface area contributed by atoms with Crippen LogP contribution in [0.5, 0.6) is 0 Å². The van der Waals surface area contributed by atoms with Gasteiger partial charge < -0.3 is 8.83 Å². The van der Waals surface area contributed by atoms with Crippen LogP contribution in [0.25, 0.3) is 172 Å². The van der Waals surface area contributed by atoms with E-state index in [1.165, 1.54) is 51.3 Å². The van der Waals surface area contributed by atoms with Gasteiger partial charge in [-0.1, -0.05) is 103 Å². The van der Waals surface area contributed by atoms with Gasteiger partial charge in [0.25, 0.3) is 0 Å². The third-order valence-electron chi connectivity index (χ3n) is 15.2. The second-order valence-electron chi connectivity index (χ2n) is 18.7. The molecule has 0 saturated carbocycles.